The van der Waals surface area contributed by atoms with Gasteiger partial charge >= 0.3 is 0 Å². The molecule has 3 rings (SSSR count). The first-order valence-electron chi connectivity index (χ1n) is 7.52. The van der Waals surface area contributed by atoms with Crippen molar-refractivity contribution in [2.75, 3.05) is 11.9 Å². The third kappa shape index (κ3) is 3.91. The van der Waals surface area contributed by atoms with Gasteiger partial charge in [-0.05, 0) is 22.9 Å². The minimum atomic E-state index is -0.244. The predicted molar refractivity (Wildman–Crippen MR) is 99.6 cm³/mol. The highest BCUT2D eigenvalue weighted by Gasteiger charge is 2.02. The van der Waals surface area contributed by atoms with Gasteiger partial charge in [0.25, 0.3) is 5.91 Å². The lowest BCUT2D eigenvalue weighted by atomic mass is 10.1. The normalized spacial score (nSPS) is 10.9. The zero-order chi connectivity index (χ0) is 16.8. The lowest BCUT2D eigenvalue weighted by Crippen LogP contribution is -2.25. The first-order chi connectivity index (χ1) is 11.7. The molecule has 3 aromatic rings. The summed E-state index contributed by atoms with van der Waals surface area (Å²) in [6.45, 7) is 0.0939. The quantitative estimate of drug-likeness (QED) is 0.545. The Balaban J connectivity index is 1.59. The molecular weight excluding hydrogens is 322 g/mol. The minimum absolute atomic E-state index is 0.0939. The maximum atomic E-state index is 11.9. The highest BCUT2D eigenvalue weighted by Crippen LogP contribution is 2.20. The highest BCUT2D eigenvalue weighted by molar-refractivity contribution is 6.33. The molecule has 3 aromatic carbocycles. The molecule has 0 fully saturated rings. The molecule has 0 aliphatic carbocycles. The Bertz CT molecular complexity index is 887. The van der Waals surface area contributed by atoms with E-state index >= 15 is 0 Å². The third-order valence-electron chi connectivity index (χ3n) is 3.53. The number of hydrogen-bond donors (Lipinski definition) is 2. The van der Waals surface area contributed by atoms with Crippen molar-refractivity contribution in [2.45, 2.75) is 0 Å². The molecule has 0 saturated heterocycles. The molecule has 0 aliphatic heterocycles. The van der Waals surface area contributed by atoms with E-state index in [0.717, 1.165) is 16.3 Å². The fourth-order valence-electron chi connectivity index (χ4n) is 2.36. The van der Waals surface area contributed by atoms with E-state index in [4.69, 9.17) is 11.6 Å². The van der Waals surface area contributed by atoms with Crippen LogP contribution in [0, 0.1) is 0 Å². The van der Waals surface area contributed by atoms with Crippen molar-refractivity contribution in [3.63, 3.8) is 0 Å². The Morgan fingerprint density at radius 2 is 1.75 bits per heavy atom. The van der Waals surface area contributed by atoms with Crippen molar-refractivity contribution < 1.29 is 4.79 Å². The highest BCUT2D eigenvalue weighted by atomic mass is 35.5. The van der Waals surface area contributed by atoms with Crippen molar-refractivity contribution in [2.24, 2.45) is 5.10 Å². The molecule has 0 radical (unpaired) electrons. The number of carbonyl (C=O) groups is 1. The van der Waals surface area contributed by atoms with Gasteiger partial charge < -0.3 is 5.32 Å². The lowest BCUT2D eigenvalue weighted by Gasteiger charge is -2.06. The maximum absolute atomic E-state index is 11.9. The largest absolute Gasteiger partial charge is 0.375 e. The number of amides is 1. The fourth-order valence-corrected chi connectivity index (χ4v) is 2.56. The van der Waals surface area contributed by atoms with E-state index in [2.05, 4.69) is 15.8 Å². The zero-order valence-electron chi connectivity index (χ0n) is 12.9. The predicted octanol–water partition coefficient (Wildman–Crippen LogP) is 4.06. The molecule has 0 spiro atoms. The smallest absolute Gasteiger partial charge is 0.259 e. The number of benzene rings is 3. The molecule has 24 heavy (non-hydrogen) atoms. The third-order valence-corrected chi connectivity index (χ3v) is 3.86. The van der Waals surface area contributed by atoms with Crippen LogP contribution in [0.3, 0.4) is 0 Å². The van der Waals surface area contributed by atoms with Crippen LogP contribution >= 0.6 is 11.6 Å². The van der Waals surface area contributed by atoms with E-state index in [1.54, 1.807) is 12.3 Å². The van der Waals surface area contributed by atoms with Gasteiger partial charge in [0.2, 0.25) is 0 Å². The van der Waals surface area contributed by atoms with Crippen LogP contribution in [-0.2, 0) is 4.79 Å². The topological polar surface area (TPSA) is 53.5 Å². The summed E-state index contributed by atoms with van der Waals surface area (Å²) in [5.74, 6) is -0.244. The second kappa shape index (κ2) is 7.62. The van der Waals surface area contributed by atoms with Crippen molar-refractivity contribution in [1.29, 1.82) is 0 Å². The van der Waals surface area contributed by atoms with Gasteiger partial charge in [0.05, 0.1) is 23.5 Å². The van der Waals surface area contributed by atoms with Gasteiger partial charge in [-0.3, -0.25) is 4.79 Å². The maximum Gasteiger partial charge on any atom is 0.259 e. The van der Waals surface area contributed by atoms with Crippen LogP contribution in [0.5, 0.6) is 0 Å². The molecule has 120 valence electrons. The first-order valence-corrected chi connectivity index (χ1v) is 7.90. The Labute approximate surface area is 145 Å². The number of hydrogen-bond acceptors (Lipinski definition) is 3. The molecule has 0 unspecified atom stereocenters. The van der Waals surface area contributed by atoms with Crippen LogP contribution in [0.2, 0.25) is 5.02 Å². The molecule has 0 saturated carbocycles. The average Bonchev–Trinajstić information content (AvgIpc) is 2.61. The Kier molecular flexibility index (Phi) is 5.08. The number of carbonyl (C=O) groups excluding carboxylic acids is 1. The number of anilines is 1. The van der Waals surface area contributed by atoms with Gasteiger partial charge in [-0.15, -0.1) is 0 Å². The summed E-state index contributed by atoms with van der Waals surface area (Å²) in [5.41, 5.74) is 4.18. The molecule has 0 aliphatic rings. The van der Waals surface area contributed by atoms with Gasteiger partial charge in [-0.1, -0.05) is 66.2 Å². The van der Waals surface area contributed by atoms with Crippen LogP contribution in [0.15, 0.2) is 71.8 Å². The van der Waals surface area contributed by atoms with Crippen LogP contribution in [0.25, 0.3) is 10.8 Å². The van der Waals surface area contributed by atoms with Crippen molar-refractivity contribution in [3.8, 4) is 0 Å². The summed E-state index contributed by atoms with van der Waals surface area (Å²) >= 11 is 6.02. The number of fused-ring (bicyclic) bond motifs is 1. The number of para-hydroxylation sites is 1. The Morgan fingerprint density at radius 1 is 1.00 bits per heavy atom. The molecule has 0 aromatic heterocycles. The van der Waals surface area contributed by atoms with Crippen LogP contribution in [0.4, 0.5) is 5.69 Å². The number of hydrazone groups is 1. The second-order valence-electron chi connectivity index (χ2n) is 5.19. The van der Waals surface area contributed by atoms with E-state index in [-0.39, 0.29) is 12.5 Å². The summed E-state index contributed by atoms with van der Waals surface area (Å²) in [6.07, 6.45) is 1.65. The Hall–Kier alpha value is -2.85. The monoisotopic (exact) mass is 337 g/mol. The van der Waals surface area contributed by atoms with Gasteiger partial charge in [-0.2, -0.15) is 5.10 Å². The van der Waals surface area contributed by atoms with E-state index < -0.39 is 0 Å². The van der Waals surface area contributed by atoms with E-state index in [0.29, 0.717) is 10.7 Å². The van der Waals surface area contributed by atoms with E-state index in [1.807, 2.05) is 60.7 Å². The number of nitrogens with one attached hydrogen (secondary N) is 2. The lowest BCUT2D eigenvalue weighted by molar-refractivity contribution is -0.119. The van der Waals surface area contributed by atoms with Crippen LogP contribution < -0.4 is 10.7 Å². The summed E-state index contributed by atoms with van der Waals surface area (Å²) in [4.78, 5) is 11.9. The summed E-state index contributed by atoms with van der Waals surface area (Å²) in [6, 6.07) is 21.3. The molecule has 2 N–H and O–H groups in total. The molecule has 5 heteroatoms. The molecule has 0 atom stereocenters. The number of halogens is 1. The van der Waals surface area contributed by atoms with Crippen molar-refractivity contribution >= 4 is 40.2 Å². The molecule has 4 nitrogen and oxygen atoms in total. The SMILES string of the molecule is O=C(CNc1ccccc1Cl)NN=Cc1cccc2ccccc12. The van der Waals surface area contributed by atoms with Crippen LogP contribution in [-0.4, -0.2) is 18.7 Å². The fraction of sp³-hybridized carbons (Fsp3) is 0.0526. The second-order valence-corrected chi connectivity index (χ2v) is 5.60. The van der Waals surface area contributed by atoms with Gasteiger partial charge in [-0.25, -0.2) is 5.43 Å². The van der Waals surface area contributed by atoms with Crippen molar-refractivity contribution in [3.05, 3.63) is 77.3 Å². The molecular formula is C19H16ClN3O. The van der Waals surface area contributed by atoms with Crippen LogP contribution in [0.1, 0.15) is 5.56 Å². The first kappa shape index (κ1) is 16.0. The standard InChI is InChI=1S/C19H16ClN3O/c20-17-10-3-4-11-18(17)21-13-19(24)23-22-12-15-8-5-7-14-6-1-2-9-16(14)15/h1-12,21H,13H2,(H,23,24). The zero-order valence-corrected chi connectivity index (χ0v) is 13.6. The van der Waals surface area contributed by atoms with Gasteiger partial charge in [0.1, 0.15) is 0 Å². The summed E-state index contributed by atoms with van der Waals surface area (Å²) in [7, 11) is 0. The summed E-state index contributed by atoms with van der Waals surface area (Å²) < 4.78 is 0. The number of rotatable bonds is 5. The van der Waals surface area contributed by atoms with E-state index in [9.17, 15) is 4.79 Å². The molecule has 1 amide bonds. The van der Waals surface area contributed by atoms with Gasteiger partial charge in [0.15, 0.2) is 0 Å². The average molecular weight is 338 g/mol. The molecule has 0 bridgehead atoms. The minimum Gasteiger partial charge on any atom is -0.375 e. The summed E-state index contributed by atoms with van der Waals surface area (Å²) in [5, 5.41) is 9.80. The van der Waals surface area contributed by atoms with Gasteiger partial charge in [0, 0.05) is 5.56 Å². The molecule has 0 heterocycles. The van der Waals surface area contributed by atoms with Crippen molar-refractivity contribution in [1.82, 2.24) is 5.43 Å². The number of nitrogens with zero attached hydrogens (tertiary/aromatic N) is 1. The van der Waals surface area contributed by atoms with E-state index in [1.165, 1.54) is 0 Å². The Morgan fingerprint density at radius 3 is 2.62 bits per heavy atom.